The van der Waals surface area contributed by atoms with Crippen LogP contribution in [0.15, 0.2) is 29.4 Å². The molecule has 1 fully saturated rings. The second-order valence-corrected chi connectivity index (χ2v) is 12.0. The molecule has 1 aromatic carbocycles. The van der Waals surface area contributed by atoms with Gasteiger partial charge < -0.3 is 36.8 Å². The molecule has 246 valence electrons. The van der Waals surface area contributed by atoms with Gasteiger partial charge in [0.1, 0.15) is 34.8 Å². The van der Waals surface area contributed by atoms with Gasteiger partial charge in [-0.15, -0.1) is 0 Å². The highest BCUT2D eigenvalue weighted by Crippen LogP contribution is 2.38. The van der Waals surface area contributed by atoms with E-state index in [2.05, 4.69) is 15.5 Å². The highest BCUT2D eigenvalue weighted by atomic mass is 32.2. The number of nitrogen functional groups attached to an aromatic ring is 1. The van der Waals surface area contributed by atoms with Gasteiger partial charge in [-0.05, 0) is 38.1 Å². The summed E-state index contributed by atoms with van der Waals surface area (Å²) in [5.74, 6) is -4.38. The Morgan fingerprint density at radius 1 is 1.29 bits per heavy atom. The zero-order valence-corrected chi connectivity index (χ0v) is 24.9. The molecular weight excluding hydrogens is 653 g/mol. The molecule has 0 aliphatic carbocycles. The summed E-state index contributed by atoms with van der Waals surface area (Å²) < 4.78 is 79.1. The molecular formula is C23H27F3N8O9S2. The van der Waals surface area contributed by atoms with Crippen molar-refractivity contribution in [2.45, 2.75) is 37.7 Å². The Labute approximate surface area is 256 Å². The Morgan fingerprint density at radius 3 is 2.42 bits per heavy atom. The summed E-state index contributed by atoms with van der Waals surface area (Å²) in [5, 5.41) is 25.0. The van der Waals surface area contributed by atoms with Crippen molar-refractivity contribution >= 4 is 56.1 Å². The fourth-order valence-electron chi connectivity index (χ4n) is 3.94. The van der Waals surface area contributed by atoms with Gasteiger partial charge in [-0.1, -0.05) is 16.5 Å². The number of nitrogens with zero attached hydrogens (tertiary/aromatic N) is 3. The van der Waals surface area contributed by atoms with Crippen LogP contribution < -0.4 is 26.8 Å². The Balaban J connectivity index is 1.88. The molecule has 0 unspecified atom stereocenters. The van der Waals surface area contributed by atoms with Crippen molar-refractivity contribution in [3.63, 3.8) is 0 Å². The predicted molar refractivity (Wildman–Crippen MR) is 151 cm³/mol. The van der Waals surface area contributed by atoms with Gasteiger partial charge in [-0.3, -0.25) is 19.6 Å². The van der Waals surface area contributed by atoms with Crippen LogP contribution in [-0.4, -0.2) is 94.1 Å². The number of nitrogens with one attached hydrogen (secondary N) is 3. The number of oxime groups is 1. The molecule has 17 nitrogen and oxygen atoms in total. The molecule has 3 rings (SSSR count). The van der Waals surface area contributed by atoms with E-state index in [1.165, 1.54) is 24.3 Å². The van der Waals surface area contributed by atoms with E-state index in [1.54, 1.807) is 0 Å². The average Bonchev–Trinajstić information content (AvgIpc) is 3.33. The normalized spacial score (nSPS) is 17.2. The number of halogens is 3. The summed E-state index contributed by atoms with van der Waals surface area (Å²) >= 11 is -0.0639. The van der Waals surface area contributed by atoms with Crippen LogP contribution in [0.4, 0.5) is 18.3 Å². The van der Waals surface area contributed by atoms with E-state index < -0.39 is 80.0 Å². The predicted octanol–water partition coefficient (Wildman–Crippen LogP) is -0.221. The number of ether oxygens (including phenoxy) is 1. The van der Waals surface area contributed by atoms with E-state index >= 15 is 0 Å². The van der Waals surface area contributed by atoms with Crippen LogP contribution in [0.2, 0.25) is 0 Å². The molecule has 1 aliphatic rings. The molecule has 0 bridgehead atoms. The number of β-lactam (4-membered cyclic amide) rings is 1. The minimum Gasteiger partial charge on any atom is -0.489 e. The van der Waals surface area contributed by atoms with Crippen molar-refractivity contribution in [2.75, 3.05) is 25.4 Å². The third-order valence-electron chi connectivity index (χ3n) is 6.06. The van der Waals surface area contributed by atoms with Gasteiger partial charge in [0, 0.05) is 18.7 Å². The number of rotatable bonds is 13. The number of aliphatic carboxylic acids is 1. The van der Waals surface area contributed by atoms with Crippen LogP contribution in [-0.2, 0) is 35.7 Å². The lowest BCUT2D eigenvalue weighted by molar-refractivity contribution is -0.152. The van der Waals surface area contributed by atoms with Crippen molar-refractivity contribution in [2.24, 2.45) is 10.9 Å². The molecule has 2 aromatic rings. The lowest BCUT2D eigenvalue weighted by Gasteiger charge is -2.50. The zero-order chi connectivity index (χ0) is 33.9. The van der Waals surface area contributed by atoms with E-state index in [4.69, 9.17) is 26.5 Å². The number of hydrogen-bond donors (Lipinski definition) is 7. The lowest BCUT2D eigenvalue weighted by atomic mass is 9.85. The molecule has 0 radical (unpaired) electrons. The van der Waals surface area contributed by atoms with Crippen LogP contribution in [0.3, 0.4) is 0 Å². The van der Waals surface area contributed by atoms with E-state index in [-0.39, 0.29) is 27.2 Å². The number of carboxylic acids is 1. The Kier molecular flexibility index (Phi) is 10.3. The number of hydrogen-bond acceptors (Lipinski definition) is 13. The minimum atomic E-state index is -5.11. The average molecular weight is 681 g/mol. The van der Waals surface area contributed by atoms with Crippen LogP contribution in [0, 0.1) is 5.41 Å². The SMILES string of the molecule is CC1(C)[C@H](NC(=O)/C(=N\O[C@@H](COc2ccc(C(=N)NCCN)cc2)C(=O)O)c2nc(N)sc2C(F)(F)F)C(=O)N1S(=O)(=O)O. The van der Waals surface area contributed by atoms with Gasteiger partial charge in [-0.2, -0.15) is 21.6 Å². The first kappa shape index (κ1) is 34.9. The number of benzene rings is 1. The first-order chi connectivity index (χ1) is 20.8. The fraction of sp³-hybridized carbons (Fsp3) is 0.391. The van der Waals surface area contributed by atoms with Gasteiger partial charge in [0.2, 0.25) is 0 Å². The number of thiazole rings is 1. The molecule has 1 saturated heterocycles. The summed E-state index contributed by atoms with van der Waals surface area (Å²) in [5.41, 5.74) is 7.10. The zero-order valence-electron chi connectivity index (χ0n) is 23.3. The largest absolute Gasteiger partial charge is 0.489 e. The van der Waals surface area contributed by atoms with Gasteiger partial charge in [0.05, 0.1) is 5.54 Å². The van der Waals surface area contributed by atoms with Crippen LogP contribution in [0.1, 0.15) is 30.0 Å². The maximum absolute atomic E-state index is 13.8. The number of carbonyl (C=O) groups excluding carboxylic acids is 2. The Morgan fingerprint density at radius 2 is 1.91 bits per heavy atom. The summed E-state index contributed by atoms with van der Waals surface area (Å²) in [6, 6.07) is 4.08. The number of amidine groups is 1. The van der Waals surface area contributed by atoms with Crippen molar-refractivity contribution in [1.82, 2.24) is 19.9 Å². The van der Waals surface area contributed by atoms with Crippen molar-refractivity contribution < 1.29 is 55.2 Å². The van der Waals surface area contributed by atoms with Gasteiger partial charge in [0.15, 0.2) is 10.8 Å². The first-order valence-electron chi connectivity index (χ1n) is 12.5. The third-order valence-corrected chi connectivity index (χ3v) is 8.10. The number of alkyl halides is 3. The van der Waals surface area contributed by atoms with E-state index in [0.29, 0.717) is 18.7 Å². The number of nitrogens with two attached hydrogens (primary N) is 2. The summed E-state index contributed by atoms with van der Waals surface area (Å²) in [6.45, 7) is 2.14. The second kappa shape index (κ2) is 13.2. The minimum absolute atomic E-state index is 0.0458. The molecule has 9 N–H and O–H groups in total. The van der Waals surface area contributed by atoms with Crippen molar-refractivity contribution in [3.05, 3.63) is 40.4 Å². The maximum atomic E-state index is 13.8. The van der Waals surface area contributed by atoms with E-state index in [0.717, 1.165) is 13.8 Å². The van der Waals surface area contributed by atoms with Crippen molar-refractivity contribution in [1.29, 1.82) is 5.41 Å². The highest BCUT2D eigenvalue weighted by Gasteiger charge is 2.60. The number of anilines is 1. The fourth-order valence-corrected chi connectivity index (χ4v) is 5.67. The number of aromatic nitrogens is 1. The molecule has 2 amide bonds. The van der Waals surface area contributed by atoms with Crippen LogP contribution in [0.5, 0.6) is 5.75 Å². The summed E-state index contributed by atoms with van der Waals surface area (Å²) in [6.07, 6.45) is -7.12. The van der Waals surface area contributed by atoms with Crippen molar-refractivity contribution in [3.8, 4) is 5.75 Å². The number of carbonyl (C=O) groups is 3. The smallest absolute Gasteiger partial charge is 0.427 e. The van der Waals surface area contributed by atoms with Gasteiger partial charge in [0.25, 0.3) is 17.9 Å². The van der Waals surface area contributed by atoms with Gasteiger partial charge >= 0.3 is 22.4 Å². The molecule has 1 aromatic heterocycles. The highest BCUT2D eigenvalue weighted by molar-refractivity contribution is 7.84. The monoisotopic (exact) mass is 680 g/mol. The number of amides is 2. The lowest BCUT2D eigenvalue weighted by Crippen LogP contribution is -2.77. The molecule has 2 heterocycles. The summed E-state index contributed by atoms with van der Waals surface area (Å²) in [7, 11) is -5.05. The van der Waals surface area contributed by atoms with E-state index in [1.807, 2.05) is 5.32 Å². The molecule has 2 atom stereocenters. The molecule has 22 heteroatoms. The molecule has 0 saturated carbocycles. The third kappa shape index (κ3) is 7.95. The maximum Gasteiger partial charge on any atom is 0.427 e. The second-order valence-electron chi connectivity index (χ2n) is 9.67. The molecule has 0 spiro atoms. The molecule has 45 heavy (non-hydrogen) atoms. The first-order valence-corrected chi connectivity index (χ1v) is 14.7. The molecule has 1 aliphatic heterocycles. The quantitative estimate of drug-likeness (QED) is 0.0475. The standard InChI is InChI=1S/C23H27F3N8O9S2/c1-22(2)15(19(36)34(22)45(39,40)41)32-18(35)14(13-16(23(24,25)26)44-21(29)31-13)33-43-12(20(37)38)9-42-11-5-3-10(4-6-11)17(28)30-8-7-27/h3-6,12,15H,7-9,27H2,1-2H3,(H2,28,30)(H2,29,31)(H,32,35)(H,37,38)(H,39,40,41)/b33-14-/t12-,15+/m0/s1. The topological polar surface area (TPSA) is 273 Å². The Hall–Kier alpha value is -4.54. The van der Waals surface area contributed by atoms with Gasteiger partial charge in [-0.25, -0.2) is 14.1 Å². The Bertz CT molecular complexity index is 1610. The van der Waals surface area contributed by atoms with Crippen LogP contribution >= 0.6 is 11.3 Å². The summed E-state index contributed by atoms with van der Waals surface area (Å²) in [4.78, 5) is 44.3. The van der Waals surface area contributed by atoms with E-state index in [9.17, 15) is 45.6 Å². The van der Waals surface area contributed by atoms with Crippen LogP contribution in [0.25, 0.3) is 0 Å². The number of carboxylic acid groups (broad SMARTS) is 1.